The largest absolute Gasteiger partial charge is 0.493 e. The van der Waals surface area contributed by atoms with Gasteiger partial charge in [-0.25, -0.2) is 0 Å². The maximum Gasteiger partial charge on any atom is 0.258 e. The van der Waals surface area contributed by atoms with E-state index in [-0.39, 0.29) is 12.5 Å². The lowest BCUT2D eigenvalue weighted by Gasteiger charge is -2.13. The number of rotatable bonds is 9. The lowest BCUT2D eigenvalue weighted by molar-refractivity contribution is -0.123. The Bertz CT molecular complexity index is 1190. The van der Waals surface area contributed by atoms with Gasteiger partial charge >= 0.3 is 0 Å². The van der Waals surface area contributed by atoms with Crippen LogP contribution >= 0.6 is 0 Å². The maximum atomic E-state index is 12.2. The molecule has 4 rings (SSSR count). The SMILES string of the molecule is COc1cc(CNC(=O)COc2ccc3ccccc3c2)ccc1OCc1ccncc1. The second-order valence-electron chi connectivity index (χ2n) is 7.20. The zero-order valence-corrected chi connectivity index (χ0v) is 17.8. The van der Waals surface area contributed by atoms with Crippen LogP contribution in [0, 0.1) is 0 Å². The van der Waals surface area contributed by atoms with Crippen LogP contribution < -0.4 is 19.5 Å². The van der Waals surface area contributed by atoms with E-state index in [1.165, 1.54) is 0 Å². The van der Waals surface area contributed by atoms with E-state index < -0.39 is 0 Å². The van der Waals surface area contributed by atoms with Crippen LogP contribution in [0.15, 0.2) is 85.2 Å². The predicted molar refractivity (Wildman–Crippen MR) is 123 cm³/mol. The van der Waals surface area contributed by atoms with Gasteiger partial charge in [0.25, 0.3) is 5.91 Å². The Morgan fingerprint density at radius 2 is 1.66 bits per heavy atom. The van der Waals surface area contributed by atoms with E-state index in [1.807, 2.05) is 72.8 Å². The summed E-state index contributed by atoms with van der Waals surface area (Å²) in [6, 6.07) is 23.2. The average molecular weight is 428 g/mol. The van der Waals surface area contributed by atoms with E-state index in [9.17, 15) is 4.79 Å². The highest BCUT2D eigenvalue weighted by Gasteiger charge is 2.08. The van der Waals surface area contributed by atoms with Gasteiger partial charge in [0.1, 0.15) is 12.4 Å². The summed E-state index contributed by atoms with van der Waals surface area (Å²) in [4.78, 5) is 16.2. The van der Waals surface area contributed by atoms with E-state index in [0.29, 0.717) is 30.4 Å². The number of ether oxygens (including phenoxy) is 3. The Labute approximate surface area is 186 Å². The van der Waals surface area contributed by atoms with Crippen molar-refractivity contribution < 1.29 is 19.0 Å². The standard InChI is InChI=1S/C26H24N2O4/c1-30-25-14-20(6-9-24(25)32-17-19-10-12-27-13-11-19)16-28-26(29)18-31-23-8-7-21-4-2-3-5-22(21)15-23/h2-15H,16-18H2,1H3,(H,28,29). The fourth-order valence-electron chi connectivity index (χ4n) is 3.24. The van der Waals surface area contributed by atoms with Gasteiger partial charge in [-0.2, -0.15) is 0 Å². The van der Waals surface area contributed by atoms with Crippen LogP contribution in [-0.2, 0) is 17.9 Å². The smallest absolute Gasteiger partial charge is 0.258 e. The molecule has 4 aromatic rings. The monoisotopic (exact) mass is 428 g/mol. The molecule has 0 aliphatic heterocycles. The lowest BCUT2D eigenvalue weighted by Crippen LogP contribution is -2.28. The average Bonchev–Trinajstić information content (AvgIpc) is 2.85. The highest BCUT2D eigenvalue weighted by Crippen LogP contribution is 2.29. The van der Waals surface area contributed by atoms with Crippen LogP contribution in [0.4, 0.5) is 0 Å². The van der Waals surface area contributed by atoms with E-state index in [0.717, 1.165) is 21.9 Å². The molecule has 0 fully saturated rings. The molecule has 0 saturated carbocycles. The van der Waals surface area contributed by atoms with E-state index in [2.05, 4.69) is 10.3 Å². The molecule has 162 valence electrons. The number of benzene rings is 3. The van der Waals surface area contributed by atoms with Crippen molar-refractivity contribution in [2.24, 2.45) is 0 Å². The summed E-state index contributed by atoms with van der Waals surface area (Å²) in [7, 11) is 1.59. The highest BCUT2D eigenvalue weighted by molar-refractivity contribution is 5.84. The molecular formula is C26H24N2O4. The lowest BCUT2D eigenvalue weighted by atomic mass is 10.1. The molecule has 3 aromatic carbocycles. The van der Waals surface area contributed by atoms with Crippen LogP contribution in [0.1, 0.15) is 11.1 Å². The van der Waals surface area contributed by atoms with Crippen LogP contribution in [0.3, 0.4) is 0 Å². The number of carbonyl (C=O) groups is 1. The molecule has 6 nitrogen and oxygen atoms in total. The minimum Gasteiger partial charge on any atom is -0.493 e. The molecule has 0 radical (unpaired) electrons. The van der Waals surface area contributed by atoms with Crippen molar-refractivity contribution in [2.45, 2.75) is 13.2 Å². The number of nitrogens with one attached hydrogen (secondary N) is 1. The van der Waals surface area contributed by atoms with Crippen molar-refractivity contribution in [2.75, 3.05) is 13.7 Å². The Balaban J connectivity index is 1.29. The summed E-state index contributed by atoms with van der Waals surface area (Å²) in [6.45, 7) is 0.727. The number of nitrogens with zero attached hydrogens (tertiary/aromatic N) is 1. The Kier molecular flexibility index (Phi) is 6.82. The van der Waals surface area contributed by atoms with Crippen LogP contribution in [-0.4, -0.2) is 24.6 Å². The third-order valence-electron chi connectivity index (χ3n) is 4.95. The van der Waals surface area contributed by atoms with Gasteiger partial charge in [0, 0.05) is 18.9 Å². The number of methoxy groups -OCH3 is 1. The van der Waals surface area contributed by atoms with Crippen molar-refractivity contribution in [3.05, 3.63) is 96.3 Å². The Morgan fingerprint density at radius 3 is 2.47 bits per heavy atom. The summed E-state index contributed by atoms with van der Waals surface area (Å²) in [5, 5.41) is 5.07. The molecule has 1 N–H and O–H groups in total. The number of hydrogen-bond donors (Lipinski definition) is 1. The molecule has 0 saturated heterocycles. The van der Waals surface area contributed by atoms with Gasteiger partial charge in [0.2, 0.25) is 0 Å². The van der Waals surface area contributed by atoms with Gasteiger partial charge in [0.15, 0.2) is 18.1 Å². The summed E-state index contributed by atoms with van der Waals surface area (Å²) in [5.74, 6) is 1.71. The van der Waals surface area contributed by atoms with Crippen LogP contribution in [0.25, 0.3) is 10.8 Å². The third-order valence-corrected chi connectivity index (χ3v) is 4.95. The zero-order chi connectivity index (χ0) is 22.2. The molecule has 0 unspecified atom stereocenters. The molecule has 1 amide bonds. The molecule has 1 heterocycles. The summed E-state index contributed by atoms with van der Waals surface area (Å²) >= 11 is 0. The number of fused-ring (bicyclic) bond motifs is 1. The Morgan fingerprint density at radius 1 is 0.844 bits per heavy atom. The predicted octanol–water partition coefficient (Wildman–Crippen LogP) is 4.52. The number of pyridine rings is 1. The number of carbonyl (C=O) groups excluding carboxylic acids is 1. The second kappa shape index (κ2) is 10.3. The number of aromatic nitrogens is 1. The normalized spacial score (nSPS) is 10.5. The van der Waals surface area contributed by atoms with Crippen LogP contribution in [0.5, 0.6) is 17.2 Å². The number of hydrogen-bond acceptors (Lipinski definition) is 5. The molecule has 0 aliphatic carbocycles. The first kappa shape index (κ1) is 21.2. The van der Waals surface area contributed by atoms with Crippen molar-refractivity contribution in [1.29, 1.82) is 0 Å². The fraction of sp³-hybridized carbons (Fsp3) is 0.154. The molecule has 0 spiro atoms. The summed E-state index contributed by atoms with van der Waals surface area (Å²) in [6.07, 6.45) is 3.46. The van der Waals surface area contributed by atoms with E-state index >= 15 is 0 Å². The Hall–Kier alpha value is -4.06. The quantitative estimate of drug-likeness (QED) is 0.425. The molecular weight excluding hydrogens is 404 g/mol. The van der Waals surface area contributed by atoms with Crippen molar-refractivity contribution in [3.8, 4) is 17.2 Å². The van der Waals surface area contributed by atoms with E-state index in [4.69, 9.17) is 14.2 Å². The molecule has 0 atom stereocenters. The minimum absolute atomic E-state index is 0.0530. The van der Waals surface area contributed by atoms with Gasteiger partial charge in [-0.15, -0.1) is 0 Å². The van der Waals surface area contributed by atoms with Gasteiger partial charge < -0.3 is 19.5 Å². The van der Waals surface area contributed by atoms with Crippen molar-refractivity contribution >= 4 is 16.7 Å². The van der Waals surface area contributed by atoms with Gasteiger partial charge in [-0.05, 0) is 58.3 Å². The van der Waals surface area contributed by atoms with Gasteiger partial charge in [-0.1, -0.05) is 36.4 Å². The van der Waals surface area contributed by atoms with Crippen LogP contribution in [0.2, 0.25) is 0 Å². The molecule has 32 heavy (non-hydrogen) atoms. The fourth-order valence-corrected chi connectivity index (χ4v) is 3.24. The molecule has 0 bridgehead atoms. The first-order chi connectivity index (χ1) is 15.7. The summed E-state index contributed by atoms with van der Waals surface area (Å²) < 4.78 is 16.9. The molecule has 1 aromatic heterocycles. The first-order valence-corrected chi connectivity index (χ1v) is 10.3. The molecule has 6 heteroatoms. The highest BCUT2D eigenvalue weighted by atomic mass is 16.5. The minimum atomic E-state index is -0.199. The van der Waals surface area contributed by atoms with Gasteiger partial charge in [-0.3, -0.25) is 9.78 Å². The second-order valence-corrected chi connectivity index (χ2v) is 7.20. The first-order valence-electron chi connectivity index (χ1n) is 10.3. The van der Waals surface area contributed by atoms with Crippen molar-refractivity contribution in [1.82, 2.24) is 10.3 Å². The summed E-state index contributed by atoms with van der Waals surface area (Å²) in [5.41, 5.74) is 1.92. The maximum absolute atomic E-state index is 12.2. The molecule has 0 aliphatic rings. The topological polar surface area (TPSA) is 69.7 Å². The van der Waals surface area contributed by atoms with E-state index in [1.54, 1.807) is 19.5 Å². The van der Waals surface area contributed by atoms with Crippen molar-refractivity contribution in [3.63, 3.8) is 0 Å². The van der Waals surface area contributed by atoms with Gasteiger partial charge in [0.05, 0.1) is 7.11 Å². The third kappa shape index (κ3) is 5.55. The zero-order valence-electron chi connectivity index (χ0n) is 17.8. The number of amides is 1.